The van der Waals surface area contributed by atoms with Gasteiger partial charge in [0.05, 0.1) is 26.7 Å². The molecule has 1 fully saturated rings. The van der Waals surface area contributed by atoms with Gasteiger partial charge in [0.15, 0.2) is 11.5 Å². The Morgan fingerprint density at radius 2 is 1.84 bits per heavy atom. The van der Waals surface area contributed by atoms with Gasteiger partial charge in [-0.1, -0.05) is 34.1 Å². The highest BCUT2D eigenvalue weighted by Crippen LogP contribution is 2.37. The first-order chi connectivity index (χ1) is 12.1. The molecular weight excluding hydrogens is 382 g/mol. The van der Waals surface area contributed by atoms with Gasteiger partial charge in [0, 0.05) is 11.0 Å². The Morgan fingerprint density at radius 1 is 1.12 bits per heavy atom. The molecule has 0 aromatic heterocycles. The molecule has 1 aliphatic heterocycles. The number of rotatable bonds is 5. The summed E-state index contributed by atoms with van der Waals surface area (Å²) >= 11 is 3.43. The molecule has 0 radical (unpaired) electrons. The van der Waals surface area contributed by atoms with E-state index >= 15 is 0 Å². The second-order valence-electron chi connectivity index (χ2n) is 6.16. The highest BCUT2D eigenvalue weighted by atomic mass is 79.9. The Bertz CT molecular complexity index is 745. The molecule has 1 heterocycles. The number of methoxy groups -OCH3 is 2. The third kappa shape index (κ3) is 3.98. The van der Waals surface area contributed by atoms with Crippen LogP contribution in [0.2, 0.25) is 0 Å². The van der Waals surface area contributed by atoms with E-state index in [9.17, 15) is 4.79 Å². The van der Waals surface area contributed by atoms with Crippen LogP contribution in [-0.4, -0.2) is 31.6 Å². The maximum absolute atomic E-state index is 12.8. The number of halogens is 1. The van der Waals surface area contributed by atoms with Gasteiger partial charge in [-0.2, -0.15) is 0 Å². The molecule has 25 heavy (non-hydrogen) atoms. The highest BCUT2D eigenvalue weighted by Gasteiger charge is 2.30. The van der Waals surface area contributed by atoms with Crippen molar-refractivity contribution >= 4 is 21.8 Å². The first-order valence-electron chi connectivity index (χ1n) is 8.38. The fourth-order valence-electron chi connectivity index (χ4n) is 3.35. The van der Waals surface area contributed by atoms with Gasteiger partial charge < -0.3 is 14.4 Å². The van der Waals surface area contributed by atoms with Crippen LogP contribution in [0.25, 0.3) is 0 Å². The average Bonchev–Trinajstić information content (AvgIpc) is 3.13. The second-order valence-corrected chi connectivity index (χ2v) is 7.08. The lowest BCUT2D eigenvalue weighted by Gasteiger charge is -2.26. The van der Waals surface area contributed by atoms with Crippen LogP contribution in [0.4, 0.5) is 0 Å². The van der Waals surface area contributed by atoms with Crippen LogP contribution in [0.15, 0.2) is 46.9 Å². The third-order valence-electron chi connectivity index (χ3n) is 4.63. The van der Waals surface area contributed by atoms with Crippen LogP contribution in [0.3, 0.4) is 0 Å². The highest BCUT2D eigenvalue weighted by molar-refractivity contribution is 9.10. The van der Waals surface area contributed by atoms with Crippen molar-refractivity contribution in [1.82, 2.24) is 4.90 Å². The largest absolute Gasteiger partial charge is 0.493 e. The lowest BCUT2D eigenvalue weighted by atomic mass is 10.0. The van der Waals surface area contributed by atoms with Crippen molar-refractivity contribution < 1.29 is 14.3 Å². The summed E-state index contributed by atoms with van der Waals surface area (Å²) in [5.41, 5.74) is 2.13. The molecule has 4 nitrogen and oxygen atoms in total. The molecule has 2 aromatic rings. The number of amides is 1. The van der Waals surface area contributed by atoms with Crippen LogP contribution >= 0.6 is 15.9 Å². The van der Waals surface area contributed by atoms with Crippen molar-refractivity contribution in [3.05, 3.63) is 58.1 Å². The number of likely N-dealkylation sites (tertiary alicyclic amines) is 1. The van der Waals surface area contributed by atoms with Crippen molar-refractivity contribution in [2.45, 2.75) is 25.3 Å². The standard InChI is InChI=1S/C20H22BrNO3/c1-24-18-10-7-15(13-19(18)25-2)17-4-3-11-22(17)20(23)12-14-5-8-16(21)9-6-14/h5-10,13,17H,3-4,11-12H2,1-2H3. The molecular formula is C20H22BrNO3. The maximum Gasteiger partial charge on any atom is 0.227 e. The lowest BCUT2D eigenvalue weighted by molar-refractivity contribution is -0.131. The molecule has 0 N–H and O–H groups in total. The summed E-state index contributed by atoms with van der Waals surface area (Å²) in [6.45, 7) is 0.800. The van der Waals surface area contributed by atoms with Crippen molar-refractivity contribution in [1.29, 1.82) is 0 Å². The third-order valence-corrected chi connectivity index (χ3v) is 5.16. The fourth-order valence-corrected chi connectivity index (χ4v) is 3.61. The molecule has 1 aliphatic rings. The molecule has 132 valence electrons. The molecule has 5 heteroatoms. The van der Waals surface area contributed by atoms with Gasteiger partial charge in [0.2, 0.25) is 5.91 Å². The fraction of sp³-hybridized carbons (Fsp3) is 0.350. The minimum Gasteiger partial charge on any atom is -0.493 e. The Balaban J connectivity index is 1.77. The Morgan fingerprint density at radius 3 is 2.52 bits per heavy atom. The number of hydrogen-bond donors (Lipinski definition) is 0. The lowest BCUT2D eigenvalue weighted by Crippen LogP contribution is -2.31. The van der Waals surface area contributed by atoms with E-state index in [2.05, 4.69) is 15.9 Å². The number of carbonyl (C=O) groups is 1. The number of ether oxygens (including phenoxy) is 2. The predicted octanol–water partition coefficient (Wildman–Crippen LogP) is 4.37. The summed E-state index contributed by atoms with van der Waals surface area (Å²) in [5.74, 6) is 1.57. The van der Waals surface area contributed by atoms with E-state index in [-0.39, 0.29) is 11.9 Å². The van der Waals surface area contributed by atoms with Gasteiger partial charge in [-0.3, -0.25) is 4.79 Å². The first kappa shape index (κ1) is 17.8. The van der Waals surface area contributed by atoms with E-state index in [1.807, 2.05) is 47.4 Å². The van der Waals surface area contributed by atoms with E-state index in [4.69, 9.17) is 9.47 Å². The van der Waals surface area contributed by atoms with Gasteiger partial charge in [-0.25, -0.2) is 0 Å². The Kier molecular flexibility index (Phi) is 5.63. The zero-order valence-electron chi connectivity index (χ0n) is 14.5. The van der Waals surface area contributed by atoms with Gasteiger partial charge >= 0.3 is 0 Å². The van der Waals surface area contributed by atoms with Gasteiger partial charge in [0.1, 0.15) is 0 Å². The summed E-state index contributed by atoms with van der Waals surface area (Å²) in [7, 11) is 3.26. The topological polar surface area (TPSA) is 38.8 Å². The van der Waals surface area contributed by atoms with E-state index in [0.29, 0.717) is 17.9 Å². The molecule has 0 spiro atoms. The van der Waals surface area contributed by atoms with Crippen molar-refractivity contribution in [3.8, 4) is 11.5 Å². The summed E-state index contributed by atoms with van der Waals surface area (Å²) in [5, 5.41) is 0. The second kappa shape index (κ2) is 7.91. The van der Waals surface area contributed by atoms with Crippen LogP contribution in [-0.2, 0) is 11.2 Å². The number of carbonyl (C=O) groups excluding carboxylic acids is 1. The maximum atomic E-state index is 12.8. The summed E-state index contributed by atoms with van der Waals surface area (Å²) < 4.78 is 11.7. The SMILES string of the molecule is COc1ccc(C2CCCN2C(=O)Cc2ccc(Br)cc2)cc1OC. The summed E-state index contributed by atoms with van der Waals surface area (Å²) in [4.78, 5) is 14.8. The van der Waals surface area contributed by atoms with E-state index in [1.54, 1.807) is 14.2 Å². The number of nitrogens with zero attached hydrogens (tertiary/aromatic N) is 1. The first-order valence-corrected chi connectivity index (χ1v) is 9.17. The molecule has 0 bridgehead atoms. The van der Waals surface area contributed by atoms with E-state index in [0.717, 1.165) is 35.0 Å². The summed E-state index contributed by atoms with van der Waals surface area (Å²) in [6.07, 6.45) is 2.42. The van der Waals surface area contributed by atoms with E-state index in [1.165, 1.54) is 0 Å². The molecule has 0 aliphatic carbocycles. The van der Waals surface area contributed by atoms with Gasteiger partial charge in [-0.05, 0) is 48.2 Å². The number of benzene rings is 2. The molecule has 1 unspecified atom stereocenters. The molecule has 1 amide bonds. The zero-order chi connectivity index (χ0) is 17.8. The molecule has 1 atom stereocenters. The minimum absolute atomic E-state index is 0.0998. The molecule has 2 aromatic carbocycles. The van der Waals surface area contributed by atoms with Crippen molar-refractivity contribution in [3.63, 3.8) is 0 Å². The molecule has 1 saturated heterocycles. The van der Waals surface area contributed by atoms with Gasteiger partial charge in [-0.15, -0.1) is 0 Å². The van der Waals surface area contributed by atoms with Crippen LogP contribution in [0, 0.1) is 0 Å². The monoisotopic (exact) mass is 403 g/mol. The van der Waals surface area contributed by atoms with Crippen molar-refractivity contribution in [2.24, 2.45) is 0 Å². The Hall–Kier alpha value is -2.01. The molecule has 0 saturated carbocycles. The Labute approximate surface area is 156 Å². The normalized spacial score (nSPS) is 16.8. The average molecular weight is 404 g/mol. The van der Waals surface area contributed by atoms with Crippen LogP contribution in [0.5, 0.6) is 11.5 Å². The number of hydrogen-bond acceptors (Lipinski definition) is 3. The summed E-state index contributed by atoms with van der Waals surface area (Å²) in [6, 6.07) is 13.9. The quantitative estimate of drug-likeness (QED) is 0.743. The van der Waals surface area contributed by atoms with Crippen LogP contribution in [0.1, 0.15) is 30.0 Å². The molecule has 3 rings (SSSR count). The van der Waals surface area contributed by atoms with Crippen LogP contribution < -0.4 is 9.47 Å². The van der Waals surface area contributed by atoms with Crippen molar-refractivity contribution in [2.75, 3.05) is 20.8 Å². The van der Waals surface area contributed by atoms with E-state index < -0.39 is 0 Å². The minimum atomic E-state index is 0.0998. The predicted molar refractivity (Wildman–Crippen MR) is 101 cm³/mol. The zero-order valence-corrected chi connectivity index (χ0v) is 16.1. The van der Waals surface area contributed by atoms with Gasteiger partial charge in [0.25, 0.3) is 0 Å². The smallest absolute Gasteiger partial charge is 0.227 e.